The molecule has 10 aromatic rings. The average Bonchev–Trinajstić information content (AvgIpc) is 3.56. The lowest BCUT2D eigenvalue weighted by atomic mass is 9.92. The Morgan fingerprint density at radius 1 is 0.347 bits per heavy atom. The minimum Gasteiger partial charge on any atom is -0.208 e. The molecular formula is C45H27N3S. The molecule has 2 heterocycles. The smallest absolute Gasteiger partial charge is 0.164 e. The minimum absolute atomic E-state index is 0.652. The van der Waals surface area contributed by atoms with Gasteiger partial charge in [-0.3, -0.25) is 0 Å². The van der Waals surface area contributed by atoms with Crippen LogP contribution in [0.25, 0.3) is 97.8 Å². The van der Waals surface area contributed by atoms with Gasteiger partial charge in [-0.1, -0.05) is 140 Å². The molecule has 0 bridgehead atoms. The zero-order chi connectivity index (χ0) is 32.3. The van der Waals surface area contributed by atoms with Gasteiger partial charge in [0.2, 0.25) is 0 Å². The molecule has 2 aromatic heterocycles. The van der Waals surface area contributed by atoms with Crippen molar-refractivity contribution in [3.63, 3.8) is 0 Å². The molecule has 0 spiro atoms. The average molecular weight is 642 g/mol. The molecule has 49 heavy (non-hydrogen) atoms. The second-order valence-corrected chi connectivity index (χ2v) is 13.5. The number of hydrogen-bond acceptors (Lipinski definition) is 4. The maximum absolute atomic E-state index is 5.13. The molecular weight excluding hydrogens is 615 g/mol. The lowest BCUT2D eigenvalue weighted by Crippen LogP contribution is -2.01. The van der Waals surface area contributed by atoms with E-state index in [0.717, 1.165) is 33.2 Å². The summed E-state index contributed by atoms with van der Waals surface area (Å²) in [5, 5.41) is 10.0. The first-order valence-electron chi connectivity index (χ1n) is 16.4. The van der Waals surface area contributed by atoms with Crippen LogP contribution in [0.5, 0.6) is 0 Å². The van der Waals surface area contributed by atoms with Crippen molar-refractivity contribution in [2.75, 3.05) is 0 Å². The largest absolute Gasteiger partial charge is 0.208 e. The predicted octanol–water partition coefficient (Wildman–Crippen LogP) is 12.4. The van der Waals surface area contributed by atoms with Crippen LogP contribution in [0.3, 0.4) is 0 Å². The van der Waals surface area contributed by atoms with Gasteiger partial charge in [-0.15, -0.1) is 11.3 Å². The molecule has 0 atom stereocenters. The Morgan fingerprint density at radius 3 is 1.65 bits per heavy atom. The fraction of sp³-hybridized carbons (Fsp3) is 0. The van der Waals surface area contributed by atoms with Crippen LogP contribution in [0.2, 0.25) is 0 Å². The molecule has 228 valence electrons. The maximum Gasteiger partial charge on any atom is 0.164 e. The third-order valence-corrected chi connectivity index (χ3v) is 10.7. The summed E-state index contributed by atoms with van der Waals surface area (Å²) in [6.45, 7) is 0. The minimum atomic E-state index is 0.652. The molecule has 0 radical (unpaired) electrons. The van der Waals surface area contributed by atoms with Gasteiger partial charge < -0.3 is 0 Å². The van der Waals surface area contributed by atoms with Crippen molar-refractivity contribution in [1.29, 1.82) is 0 Å². The van der Waals surface area contributed by atoms with Crippen LogP contribution in [0.15, 0.2) is 164 Å². The van der Waals surface area contributed by atoms with Gasteiger partial charge in [0, 0.05) is 42.2 Å². The molecule has 0 amide bonds. The fourth-order valence-corrected chi connectivity index (χ4v) is 8.36. The Labute approximate surface area is 286 Å². The summed E-state index contributed by atoms with van der Waals surface area (Å²) < 4.78 is 2.66. The van der Waals surface area contributed by atoms with Crippen LogP contribution in [0.4, 0.5) is 0 Å². The van der Waals surface area contributed by atoms with Gasteiger partial charge in [0.15, 0.2) is 17.5 Å². The lowest BCUT2D eigenvalue weighted by molar-refractivity contribution is 1.07. The van der Waals surface area contributed by atoms with Gasteiger partial charge >= 0.3 is 0 Å². The first-order valence-corrected chi connectivity index (χ1v) is 17.3. The van der Waals surface area contributed by atoms with Gasteiger partial charge in [0.05, 0.1) is 0 Å². The molecule has 0 saturated carbocycles. The van der Waals surface area contributed by atoms with Crippen molar-refractivity contribution in [3.05, 3.63) is 164 Å². The monoisotopic (exact) mass is 641 g/mol. The molecule has 0 aliphatic carbocycles. The van der Waals surface area contributed by atoms with Crippen LogP contribution >= 0.6 is 11.3 Å². The lowest BCUT2D eigenvalue weighted by Gasteiger charge is -2.15. The third kappa shape index (κ3) is 4.68. The normalized spacial score (nSPS) is 11.7. The summed E-state index contributed by atoms with van der Waals surface area (Å²) in [4.78, 5) is 15.2. The van der Waals surface area contributed by atoms with E-state index < -0.39 is 0 Å². The van der Waals surface area contributed by atoms with Crippen LogP contribution in [-0.4, -0.2) is 15.0 Å². The molecule has 10 rings (SSSR count). The fourth-order valence-electron chi connectivity index (χ4n) is 7.09. The van der Waals surface area contributed by atoms with E-state index in [4.69, 9.17) is 15.0 Å². The summed E-state index contributed by atoms with van der Waals surface area (Å²) in [7, 11) is 0. The van der Waals surface area contributed by atoms with E-state index in [1.54, 1.807) is 0 Å². The Morgan fingerprint density at radius 2 is 0.918 bits per heavy atom. The number of aromatic nitrogens is 3. The van der Waals surface area contributed by atoms with Gasteiger partial charge in [-0.2, -0.15) is 0 Å². The summed E-state index contributed by atoms with van der Waals surface area (Å²) in [5.74, 6) is 1.96. The molecule has 0 saturated heterocycles. The first kappa shape index (κ1) is 27.8. The van der Waals surface area contributed by atoms with E-state index in [0.29, 0.717) is 17.5 Å². The topological polar surface area (TPSA) is 38.7 Å². The molecule has 0 N–H and O–H groups in total. The van der Waals surface area contributed by atoms with E-state index >= 15 is 0 Å². The molecule has 4 heteroatoms. The molecule has 0 aliphatic rings. The highest BCUT2D eigenvalue weighted by Crippen LogP contribution is 2.43. The highest BCUT2D eigenvalue weighted by molar-refractivity contribution is 7.26. The van der Waals surface area contributed by atoms with Crippen LogP contribution in [-0.2, 0) is 0 Å². The van der Waals surface area contributed by atoms with E-state index in [-0.39, 0.29) is 0 Å². The van der Waals surface area contributed by atoms with Crippen LogP contribution in [0, 0.1) is 0 Å². The van der Waals surface area contributed by atoms with E-state index in [9.17, 15) is 0 Å². The SMILES string of the molecule is c1ccc(-c2nc(-c3ccccc3)nc(-c3cc4ccccc4cc3-c3ccc4c(ccc5ccc6c7ccccc7sc6c54)c3)n2)cc1. The molecule has 8 aromatic carbocycles. The highest BCUT2D eigenvalue weighted by Gasteiger charge is 2.18. The van der Waals surface area contributed by atoms with Gasteiger partial charge in [0.1, 0.15) is 0 Å². The van der Waals surface area contributed by atoms with Gasteiger partial charge in [-0.05, 0) is 62.3 Å². The maximum atomic E-state index is 5.13. The molecule has 0 aliphatic heterocycles. The number of rotatable bonds is 4. The Hall–Kier alpha value is -6.23. The standard InChI is InChI=1S/C45H27N3S/c1-3-11-29(12-4-1)43-46-44(30-13-5-2-6-14-30)48-45(47-43)39-27-32-16-8-7-15-31(32)26-38(39)34-22-23-35-33(25-34)20-19-28-21-24-37-36-17-9-10-18-40(36)49-42(37)41(28)35/h1-27H. The summed E-state index contributed by atoms with van der Waals surface area (Å²) in [5.41, 5.74) is 5.10. The van der Waals surface area contributed by atoms with Crippen molar-refractivity contribution < 1.29 is 0 Å². The number of thiophene rings is 1. The van der Waals surface area contributed by atoms with Crippen LogP contribution < -0.4 is 0 Å². The Balaban J connectivity index is 1.22. The van der Waals surface area contributed by atoms with Crippen molar-refractivity contribution in [1.82, 2.24) is 15.0 Å². The number of fused-ring (bicyclic) bond motifs is 8. The second kappa shape index (κ2) is 11.2. The van der Waals surface area contributed by atoms with Gasteiger partial charge in [-0.25, -0.2) is 15.0 Å². The van der Waals surface area contributed by atoms with Gasteiger partial charge in [0.25, 0.3) is 0 Å². The number of nitrogens with zero attached hydrogens (tertiary/aromatic N) is 3. The zero-order valence-corrected chi connectivity index (χ0v) is 27.2. The Bertz CT molecular complexity index is 2820. The highest BCUT2D eigenvalue weighted by atomic mass is 32.1. The Kier molecular flexibility index (Phi) is 6.36. The van der Waals surface area contributed by atoms with Crippen LogP contribution in [0.1, 0.15) is 0 Å². The van der Waals surface area contributed by atoms with E-state index in [2.05, 4.69) is 127 Å². The molecule has 0 unspecified atom stereocenters. The van der Waals surface area contributed by atoms with E-state index in [1.165, 1.54) is 47.1 Å². The van der Waals surface area contributed by atoms with Crippen molar-refractivity contribution in [2.24, 2.45) is 0 Å². The van der Waals surface area contributed by atoms with Crippen molar-refractivity contribution in [3.8, 4) is 45.3 Å². The van der Waals surface area contributed by atoms with E-state index in [1.807, 2.05) is 47.7 Å². The summed E-state index contributed by atoms with van der Waals surface area (Å²) in [6.07, 6.45) is 0. The third-order valence-electron chi connectivity index (χ3n) is 9.48. The molecule has 3 nitrogen and oxygen atoms in total. The number of benzene rings is 8. The first-order chi connectivity index (χ1) is 24.3. The summed E-state index contributed by atoms with van der Waals surface area (Å²) >= 11 is 1.88. The van der Waals surface area contributed by atoms with Crippen molar-refractivity contribution >= 4 is 63.8 Å². The molecule has 0 fully saturated rings. The zero-order valence-electron chi connectivity index (χ0n) is 26.3. The van der Waals surface area contributed by atoms with Crippen molar-refractivity contribution in [2.45, 2.75) is 0 Å². The number of hydrogen-bond donors (Lipinski definition) is 0. The second-order valence-electron chi connectivity index (χ2n) is 12.4. The quantitative estimate of drug-likeness (QED) is 0.180. The predicted molar refractivity (Wildman–Crippen MR) is 207 cm³/mol. The summed E-state index contributed by atoms with van der Waals surface area (Å²) in [6, 6.07) is 58.0.